The molecule has 10 atom stereocenters. The number of hydrogen-bond acceptors (Lipinski definition) is 4. The van der Waals surface area contributed by atoms with Crippen molar-refractivity contribution in [1.29, 1.82) is 0 Å². The molecule has 0 unspecified atom stereocenters. The first kappa shape index (κ1) is 27.1. The van der Waals surface area contributed by atoms with Crippen molar-refractivity contribution in [2.24, 2.45) is 52.3 Å². The van der Waals surface area contributed by atoms with Crippen LogP contribution in [0.2, 0.25) is 0 Å². The highest BCUT2D eigenvalue weighted by molar-refractivity contribution is 5.86. The van der Waals surface area contributed by atoms with E-state index in [9.17, 15) is 9.59 Å². The molecule has 4 aliphatic rings. The monoisotopic (exact) mass is 489 g/mol. The second-order valence-electron chi connectivity index (χ2n) is 13.4. The number of Topliss-reactive ketones (excluding diaryl/α,β-unsaturated/α-hetero) is 1. The van der Waals surface area contributed by atoms with Gasteiger partial charge in [-0.25, -0.2) is 0 Å². The number of fused-ring (bicyclic) bond motifs is 5. The number of hydrogen-bond donors (Lipinski definition) is 1. The molecule has 4 fully saturated rings. The first-order chi connectivity index (χ1) is 16.6. The standard InChI is InChI=1S/C30H51NO4/c1-19-11-13-29(3)21(15-19)16-26(35-6)28-24-9-8-23(30(24,4)14-12-25(28)29)20(2)7-10-27(33)31-17-22(32)18-34-5/h19-21,23-26,28H,7-18H2,1-6H3,(H,31,33)/t19-,20-,21+,23-,24+,25+,26-,28+,29+,30-/m1/s1. The van der Waals surface area contributed by atoms with Crippen molar-refractivity contribution >= 4 is 11.7 Å². The molecular formula is C30H51NO4. The van der Waals surface area contributed by atoms with Gasteiger partial charge in [-0.05, 0) is 104 Å². The maximum atomic E-state index is 12.4. The maximum absolute atomic E-state index is 12.4. The lowest BCUT2D eigenvalue weighted by molar-refractivity contribution is -0.176. The van der Waals surface area contributed by atoms with Gasteiger partial charge in [0.1, 0.15) is 6.61 Å². The minimum absolute atomic E-state index is 0.0121. The van der Waals surface area contributed by atoms with E-state index in [1.54, 1.807) is 0 Å². The number of nitrogens with one attached hydrogen (secondary N) is 1. The van der Waals surface area contributed by atoms with Crippen LogP contribution in [0.4, 0.5) is 0 Å². The largest absolute Gasteiger partial charge is 0.381 e. The van der Waals surface area contributed by atoms with Crippen LogP contribution in [0.1, 0.15) is 91.9 Å². The highest BCUT2D eigenvalue weighted by atomic mass is 16.5. The lowest BCUT2D eigenvalue weighted by Gasteiger charge is -2.63. The summed E-state index contributed by atoms with van der Waals surface area (Å²) >= 11 is 0. The van der Waals surface area contributed by atoms with E-state index in [1.165, 1.54) is 58.5 Å². The Hall–Kier alpha value is -0.940. The zero-order valence-corrected chi connectivity index (χ0v) is 23.2. The van der Waals surface area contributed by atoms with Crippen molar-refractivity contribution in [3.63, 3.8) is 0 Å². The normalized spacial score (nSPS) is 43.5. The van der Waals surface area contributed by atoms with E-state index in [1.807, 2.05) is 7.11 Å². The molecule has 4 aliphatic carbocycles. The van der Waals surface area contributed by atoms with E-state index < -0.39 is 0 Å². The van der Waals surface area contributed by atoms with E-state index in [-0.39, 0.29) is 24.8 Å². The molecule has 5 nitrogen and oxygen atoms in total. The van der Waals surface area contributed by atoms with E-state index in [0.717, 1.165) is 30.1 Å². The van der Waals surface area contributed by atoms with Crippen LogP contribution < -0.4 is 5.32 Å². The van der Waals surface area contributed by atoms with Crippen molar-refractivity contribution in [2.45, 2.75) is 98.0 Å². The van der Waals surface area contributed by atoms with Crippen LogP contribution in [0.15, 0.2) is 0 Å². The summed E-state index contributed by atoms with van der Waals surface area (Å²) in [4.78, 5) is 24.0. The fourth-order valence-electron chi connectivity index (χ4n) is 9.69. The molecule has 4 saturated carbocycles. The number of rotatable bonds is 9. The molecule has 0 saturated heterocycles. The van der Waals surface area contributed by atoms with Crippen LogP contribution in [0.5, 0.6) is 0 Å². The van der Waals surface area contributed by atoms with Crippen molar-refractivity contribution in [3.05, 3.63) is 0 Å². The summed E-state index contributed by atoms with van der Waals surface area (Å²) in [7, 11) is 3.47. The molecule has 0 aromatic rings. The average Bonchev–Trinajstić information content (AvgIpc) is 3.18. The van der Waals surface area contributed by atoms with Gasteiger partial charge < -0.3 is 14.8 Å². The van der Waals surface area contributed by atoms with Crippen LogP contribution in [0.3, 0.4) is 0 Å². The number of methoxy groups -OCH3 is 2. The summed E-state index contributed by atoms with van der Waals surface area (Å²) in [6.45, 7) is 10.2. The minimum Gasteiger partial charge on any atom is -0.381 e. The lowest BCUT2D eigenvalue weighted by atomic mass is 9.43. The van der Waals surface area contributed by atoms with Crippen molar-refractivity contribution in [2.75, 3.05) is 27.4 Å². The van der Waals surface area contributed by atoms with Gasteiger partial charge in [-0.15, -0.1) is 0 Å². The smallest absolute Gasteiger partial charge is 0.220 e. The van der Waals surface area contributed by atoms with Gasteiger partial charge in [0.25, 0.3) is 0 Å². The van der Waals surface area contributed by atoms with Crippen LogP contribution in [-0.4, -0.2) is 45.2 Å². The molecular weight excluding hydrogens is 438 g/mol. The van der Waals surface area contributed by atoms with E-state index in [2.05, 4.69) is 33.0 Å². The lowest BCUT2D eigenvalue weighted by Crippen LogP contribution is -2.58. The third-order valence-electron chi connectivity index (χ3n) is 11.6. The quantitative estimate of drug-likeness (QED) is 0.454. The fourth-order valence-corrected chi connectivity index (χ4v) is 9.69. The Morgan fingerprint density at radius 2 is 1.71 bits per heavy atom. The average molecular weight is 490 g/mol. The number of ketones is 1. The predicted molar refractivity (Wildman–Crippen MR) is 139 cm³/mol. The number of carbonyl (C=O) groups excluding carboxylic acids is 2. The molecule has 0 aromatic heterocycles. The highest BCUT2D eigenvalue weighted by Crippen LogP contribution is 2.69. The van der Waals surface area contributed by atoms with Crippen LogP contribution in [0.25, 0.3) is 0 Å². The molecule has 0 heterocycles. The van der Waals surface area contributed by atoms with Crippen LogP contribution in [0, 0.1) is 52.3 Å². The first-order valence-electron chi connectivity index (χ1n) is 14.4. The molecule has 0 aliphatic heterocycles. The molecule has 200 valence electrons. The minimum atomic E-state index is -0.0830. The van der Waals surface area contributed by atoms with Gasteiger partial charge >= 0.3 is 0 Å². The molecule has 1 amide bonds. The highest BCUT2D eigenvalue weighted by Gasteiger charge is 2.63. The zero-order valence-electron chi connectivity index (χ0n) is 23.2. The van der Waals surface area contributed by atoms with Gasteiger partial charge in [-0.1, -0.05) is 34.1 Å². The van der Waals surface area contributed by atoms with Gasteiger partial charge in [-0.3, -0.25) is 9.59 Å². The molecule has 1 N–H and O–H groups in total. The van der Waals surface area contributed by atoms with Gasteiger partial charge in [0, 0.05) is 20.6 Å². The Balaban J connectivity index is 1.41. The summed E-state index contributed by atoms with van der Waals surface area (Å²) in [6.07, 6.45) is 12.6. The Kier molecular flexibility index (Phi) is 8.37. The summed E-state index contributed by atoms with van der Waals surface area (Å²) in [5.41, 5.74) is 0.850. The van der Waals surface area contributed by atoms with Crippen molar-refractivity contribution < 1.29 is 19.1 Å². The van der Waals surface area contributed by atoms with E-state index >= 15 is 0 Å². The Morgan fingerprint density at radius 1 is 1.00 bits per heavy atom. The summed E-state index contributed by atoms with van der Waals surface area (Å²) in [5.74, 6) is 5.03. The molecule has 35 heavy (non-hydrogen) atoms. The van der Waals surface area contributed by atoms with Crippen LogP contribution >= 0.6 is 0 Å². The third-order valence-corrected chi connectivity index (χ3v) is 11.6. The van der Waals surface area contributed by atoms with Crippen LogP contribution in [-0.2, 0) is 19.1 Å². The Labute approximate surface area is 213 Å². The fraction of sp³-hybridized carbons (Fsp3) is 0.933. The van der Waals surface area contributed by atoms with E-state index in [4.69, 9.17) is 9.47 Å². The van der Waals surface area contributed by atoms with Gasteiger partial charge in [-0.2, -0.15) is 0 Å². The van der Waals surface area contributed by atoms with Gasteiger partial charge in [0.05, 0.1) is 12.6 Å². The summed E-state index contributed by atoms with van der Waals surface area (Å²) < 4.78 is 11.1. The number of amides is 1. The number of ether oxygens (including phenoxy) is 2. The Morgan fingerprint density at radius 3 is 2.43 bits per heavy atom. The second kappa shape index (κ2) is 10.8. The predicted octanol–water partition coefficient (Wildman–Crippen LogP) is 5.65. The van der Waals surface area contributed by atoms with Gasteiger partial charge in [0.15, 0.2) is 5.78 Å². The molecule has 0 radical (unpaired) electrons. The van der Waals surface area contributed by atoms with Gasteiger partial charge in [0.2, 0.25) is 5.91 Å². The maximum Gasteiger partial charge on any atom is 0.220 e. The first-order valence-corrected chi connectivity index (χ1v) is 14.4. The van der Waals surface area contributed by atoms with Crippen molar-refractivity contribution in [1.82, 2.24) is 5.32 Å². The molecule has 0 bridgehead atoms. The Bertz CT molecular complexity index is 769. The summed E-state index contributed by atoms with van der Waals surface area (Å²) in [6, 6.07) is 0. The molecule has 4 rings (SSSR count). The third kappa shape index (κ3) is 5.10. The summed E-state index contributed by atoms with van der Waals surface area (Å²) in [5, 5.41) is 2.78. The van der Waals surface area contributed by atoms with Crippen molar-refractivity contribution in [3.8, 4) is 0 Å². The molecule has 0 aromatic carbocycles. The SMILES string of the molecule is COCC(=O)CNC(=O)CC[C@@H](C)[C@H]1CC[C@H]2[C@@H]3[C@H](OC)C[C@@H]4C[C@H](C)CC[C@]4(C)[C@H]3CC[C@]12C. The molecule has 5 heteroatoms. The molecule has 0 spiro atoms. The number of carbonyl (C=O) groups is 2. The zero-order chi connectivity index (χ0) is 25.4. The van der Waals surface area contributed by atoms with E-state index in [0.29, 0.717) is 41.1 Å². The topological polar surface area (TPSA) is 64.6 Å². The second-order valence-corrected chi connectivity index (χ2v) is 13.4.